The first-order valence-corrected chi connectivity index (χ1v) is 8.95. The van der Waals surface area contributed by atoms with Crippen LogP contribution in [0, 0.1) is 20.2 Å². The van der Waals surface area contributed by atoms with Crippen LogP contribution in [-0.4, -0.2) is 21.9 Å². The molecule has 0 saturated heterocycles. The molecule has 2 saturated carbocycles. The molecule has 0 bridgehead atoms. The first kappa shape index (κ1) is 16.9. The van der Waals surface area contributed by atoms with Gasteiger partial charge in [-0.15, -0.1) is 0 Å². The molecule has 0 amide bonds. The molecule has 0 heterocycles. The van der Waals surface area contributed by atoms with Gasteiger partial charge in [0, 0.05) is 22.7 Å². The van der Waals surface area contributed by atoms with Crippen LogP contribution in [0.2, 0.25) is 0 Å². The van der Waals surface area contributed by atoms with Gasteiger partial charge in [0.15, 0.2) is 0 Å². The topological polar surface area (TPSA) is 86.3 Å². The average molecular weight is 332 g/mol. The predicted octanol–water partition coefficient (Wildman–Crippen LogP) is 4.29. The molecule has 2 aliphatic rings. The largest absolute Gasteiger partial charge is 0.264 e. The van der Waals surface area contributed by atoms with Crippen molar-refractivity contribution in [3.63, 3.8) is 0 Å². The van der Waals surface area contributed by atoms with Crippen LogP contribution in [0.25, 0.3) is 0 Å². The van der Waals surface area contributed by atoms with Gasteiger partial charge in [-0.25, -0.2) is 0 Å². The Balaban J connectivity index is 1.79. The van der Waals surface area contributed by atoms with E-state index in [9.17, 15) is 20.2 Å². The molecule has 24 heavy (non-hydrogen) atoms. The van der Waals surface area contributed by atoms with Crippen LogP contribution >= 0.6 is 0 Å². The lowest BCUT2D eigenvalue weighted by Crippen LogP contribution is -2.31. The summed E-state index contributed by atoms with van der Waals surface area (Å²) in [6, 6.07) is 6.87. The summed E-state index contributed by atoms with van der Waals surface area (Å²) in [5, 5.41) is 22.6. The van der Waals surface area contributed by atoms with E-state index in [4.69, 9.17) is 0 Å². The summed E-state index contributed by atoms with van der Waals surface area (Å²) in [5.74, 6) is -0.0547. The monoisotopic (exact) mass is 332 g/mol. The van der Waals surface area contributed by atoms with Gasteiger partial charge in [-0.1, -0.05) is 37.1 Å². The Morgan fingerprint density at radius 2 is 1.00 bits per heavy atom. The normalized spacial score (nSPS) is 30.7. The van der Waals surface area contributed by atoms with E-state index < -0.39 is 12.1 Å². The summed E-state index contributed by atoms with van der Waals surface area (Å²) in [4.78, 5) is 22.3. The van der Waals surface area contributed by atoms with Crippen LogP contribution in [0.5, 0.6) is 0 Å². The maximum atomic E-state index is 11.3. The molecule has 2 aliphatic carbocycles. The summed E-state index contributed by atoms with van der Waals surface area (Å²) in [7, 11) is 0. The molecule has 0 N–H and O–H groups in total. The molecular formula is C18H24N2O4. The van der Waals surface area contributed by atoms with Crippen LogP contribution in [-0.2, 0) is 0 Å². The lowest BCUT2D eigenvalue weighted by molar-refractivity contribution is -0.530. The standard InChI is InChI=1S/C18H24N2O4/c21-19(22)17-7-3-1-5-15(17)13-9-11-14(12-10-13)16-6-2-4-8-18(16)20(23)24/h9-12,15-18H,1-8H2. The third-order valence-corrected chi connectivity index (χ3v) is 5.79. The van der Waals surface area contributed by atoms with E-state index in [1.807, 2.05) is 24.3 Å². The van der Waals surface area contributed by atoms with Gasteiger partial charge in [-0.05, 0) is 36.8 Å². The Bertz CT molecular complexity index is 549. The lowest BCUT2D eigenvalue weighted by Gasteiger charge is -2.28. The van der Waals surface area contributed by atoms with Crippen LogP contribution in [0.4, 0.5) is 0 Å². The highest BCUT2D eigenvalue weighted by molar-refractivity contribution is 5.29. The Hall–Kier alpha value is -1.98. The van der Waals surface area contributed by atoms with Crippen LogP contribution in [0.15, 0.2) is 24.3 Å². The van der Waals surface area contributed by atoms with Crippen molar-refractivity contribution in [3.8, 4) is 0 Å². The number of hydrogen-bond acceptors (Lipinski definition) is 4. The van der Waals surface area contributed by atoms with E-state index in [-0.39, 0.29) is 21.7 Å². The highest BCUT2D eigenvalue weighted by Gasteiger charge is 2.37. The van der Waals surface area contributed by atoms with E-state index in [1.54, 1.807) is 0 Å². The van der Waals surface area contributed by atoms with Crippen molar-refractivity contribution in [1.29, 1.82) is 0 Å². The Morgan fingerprint density at radius 3 is 1.33 bits per heavy atom. The quantitative estimate of drug-likeness (QED) is 0.608. The zero-order chi connectivity index (χ0) is 17.1. The molecule has 0 aliphatic heterocycles. The SMILES string of the molecule is O=[N+]([O-])C1CCCCC1c1ccc(C2CCCCC2[N+](=O)[O-])cc1. The minimum absolute atomic E-state index is 0.0273. The molecule has 1 aromatic rings. The molecule has 6 nitrogen and oxygen atoms in total. The highest BCUT2D eigenvalue weighted by atomic mass is 16.6. The molecule has 4 atom stereocenters. The fourth-order valence-electron chi connectivity index (χ4n) is 4.50. The van der Waals surface area contributed by atoms with E-state index in [0.717, 1.165) is 49.7 Å². The van der Waals surface area contributed by atoms with E-state index >= 15 is 0 Å². The van der Waals surface area contributed by atoms with Gasteiger partial charge < -0.3 is 0 Å². The Labute approximate surface area is 141 Å². The van der Waals surface area contributed by atoms with E-state index in [1.165, 1.54) is 0 Å². The van der Waals surface area contributed by atoms with Gasteiger partial charge in [0.1, 0.15) is 0 Å². The van der Waals surface area contributed by atoms with E-state index in [2.05, 4.69) is 0 Å². The smallest absolute Gasteiger partial charge is 0.219 e. The number of hydrogen-bond donors (Lipinski definition) is 0. The van der Waals surface area contributed by atoms with Gasteiger partial charge in [0.05, 0.1) is 11.8 Å². The first-order valence-electron chi connectivity index (χ1n) is 8.95. The Kier molecular flexibility index (Phi) is 5.11. The fourth-order valence-corrected chi connectivity index (χ4v) is 4.50. The molecule has 130 valence electrons. The predicted molar refractivity (Wildman–Crippen MR) is 90.4 cm³/mol. The van der Waals surface area contributed by atoms with Gasteiger partial charge >= 0.3 is 0 Å². The van der Waals surface area contributed by atoms with Crippen molar-refractivity contribution >= 4 is 0 Å². The second kappa shape index (κ2) is 7.28. The zero-order valence-corrected chi connectivity index (χ0v) is 13.8. The van der Waals surface area contributed by atoms with Crippen molar-refractivity contribution in [3.05, 3.63) is 55.6 Å². The van der Waals surface area contributed by atoms with Crippen LogP contribution in [0.1, 0.15) is 74.3 Å². The maximum absolute atomic E-state index is 11.3. The third-order valence-electron chi connectivity index (χ3n) is 5.79. The van der Waals surface area contributed by atoms with Gasteiger partial charge in [0.25, 0.3) is 0 Å². The molecule has 3 rings (SSSR count). The molecular weight excluding hydrogens is 308 g/mol. The summed E-state index contributed by atoms with van der Waals surface area (Å²) >= 11 is 0. The number of nitro groups is 2. The molecule has 0 radical (unpaired) electrons. The number of rotatable bonds is 4. The van der Waals surface area contributed by atoms with Crippen molar-refractivity contribution < 1.29 is 9.85 Å². The van der Waals surface area contributed by atoms with Crippen molar-refractivity contribution in [1.82, 2.24) is 0 Å². The molecule has 1 aromatic carbocycles. The molecule has 0 aromatic heterocycles. The summed E-state index contributed by atoms with van der Waals surface area (Å²) in [6.07, 6.45) is 6.90. The van der Waals surface area contributed by atoms with Gasteiger partial charge in [-0.2, -0.15) is 0 Å². The van der Waals surface area contributed by atoms with Gasteiger partial charge in [-0.3, -0.25) is 20.2 Å². The first-order chi connectivity index (χ1) is 11.6. The summed E-state index contributed by atoms with van der Waals surface area (Å²) in [6.45, 7) is 0. The third kappa shape index (κ3) is 3.42. The summed E-state index contributed by atoms with van der Waals surface area (Å²) < 4.78 is 0. The number of nitrogens with zero attached hydrogens (tertiary/aromatic N) is 2. The molecule has 0 spiro atoms. The molecule has 2 fully saturated rings. The van der Waals surface area contributed by atoms with Crippen LogP contribution in [0.3, 0.4) is 0 Å². The Morgan fingerprint density at radius 1 is 0.667 bits per heavy atom. The second-order valence-corrected chi connectivity index (χ2v) is 7.15. The highest BCUT2D eigenvalue weighted by Crippen LogP contribution is 2.38. The number of benzene rings is 1. The maximum Gasteiger partial charge on any atom is 0.219 e. The van der Waals surface area contributed by atoms with E-state index in [0.29, 0.717) is 12.8 Å². The zero-order valence-electron chi connectivity index (χ0n) is 13.8. The lowest BCUT2D eigenvalue weighted by atomic mass is 9.77. The van der Waals surface area contributed by atoms with Crippen molar-refractivity contribution in [2.24, 2.45) is 0 Å². The van der Waals surface area contributed by atoms with Crippen molar-refractivity contribution in [2.75, 3.05) is 0 Å². The van der Waals surface area contributed by atoms with Gasteiger partial charge in [0.2, 0.25) is 12.1 Å². The van der Waals surface area contributed by atoms with Crippen LogP contribution < -0.4 is 0 Å². The summed E-state index contributed by atoms with van der Waals surface area (Å²) in [5.41, 5.74) is 2.02. The minimum atomic E-state index is -0.495. The average Bonchev–Trinajstić information content (AvgIpc) is 2.62. The second-order valence-electron chi connectivity index (χ2n) is 7.15. The molecule has 4 unspecified atom stereocenters. The molecule has 6 heteroatoms. The fraction of sp³-hybridized carbons (Fsp3) is 0.667. The van der Waals surface area contributed by atoms with Crippen molar-refractivity contribution in [2.45, 2.75) is 75.3 Å². The minimum Gasteiger partial charge on any atom is -0.264 e.